The van der Waals surface area contributed by atoms with E-state index in [1.165, 1.54) is 0 Å². The van der Waals surface area contributed by atoms with Gasteiger partial charge < -0.3 is 10.0 Å². The van der Waals surface area contributed by atoms with Gasteiger partial charge in [0.2, 0.25) is 0 Å². The fourth-order valence-corrected chi connectivity index (χ4v) is 3.49. The number of halogens is 2. The number of hydrogen-bond acceptors (Lipinski definition) is 2. The Kier molecular flexibility index (Phi) is 5.82. The molecule has 0 amide bonds. The molecular formula is C21H17Cl2NO2. The summed E-state index contributed by atoms with van der Waals surface area (Å²) in [5.74, 6) is -0.887. The van der Waals surface area contributed by atoms with Crippen molar-refractivity contribution in [3.8, 4) is 0 Å². The molecule has 0 radical (unpaired) electrons. The number of benzene rings is 3. The molecule has 132 valence electrons. The van der Waals surface area contributed by atoms with Gasteiger partial charge in [-0.15, -0.1) is 0 Å². The molecule has 0 saturated carbocycles. The number of carbonyl (C=O) groups is 1. The van der Waals surface area contributed by atoms with Crippen LogP contribution in [0.25, 0.3) is 0 Å². The summed E-state index contributed by atoms with van der Waals surface area (Å²) in [4.78, 5) is 13.3. The molecule has 0 saturated heterocycles. The molecule has 3 rings (SSSR count). The van der Waals surface area contributed by atoms with Crippen LogP contribution in [0.1, 0.15) is 11.1 Å². The van der Waals surface area contributed by atoms with E-state index in [0.29, 0.717) is 27.8 Å². The zero-order valence-electron chi connectivity index (χ0n) is 13.9. The van der Waals surface area contributed by atoms with Gasteiger partial charge in [-0.1, -0.05) is 77.8 Å². The lowest BCUT2D eigenvalue weighted by Gasteiger charge is -2.29. The molecule has 0 heterocycles. The minimum Gasteiger partial charge on any atom is -0.481 e. The molecule has 0 aliphatic carbocycles. The van der Waals surface area contributed by atoms with Crippen molar-refractivity contribution in [1.82, 2.24) is 0 Å². The molecule has 0 aromatic heterocycles. The maximum absolute atomic E-state index is 11.3. The topological polar surface area (TPSA) is 40.5 Å². The third-order valence-corrected chi connectivity index (χ3v) is 4.63. The molecular weight excluding hydrogens is 369 g/mol. The maximum atomic E-state index is 11.3. The van der Waals surface area contributed by atoms with Gasteiger partial charge in [0, 0.05) is 12.2 Å². The quantitative estimate of drug-likeness (QED) is 0.568. The van der Waals surface area contributed by atoms with E-state index >= 15 is 0 Å². The van der Waals surface area contributed by atoms with Crippen molar-refractivity contribution in [2.45, 2.75) is 13.0 Å². The van der Waals surface area contributed by atoms with E-state index < -0.39 is 5.97 Å². The molecule has 0 atom stereocenters. The van der Waals surface area contributed by atoms with E-state index in [0.717, 1.165) is 11.3 Å². The first-order chi connectivity index (χ1) is 12.6. The van der Waals surface area contributed by atoms with Crippen LogP contribution in [0.2, 0.25) is 10.0 Å². The summed E-state index contributed by atoms with van der Waals surface area (Å²) in [6.45, 7) is 0.515. The van der Waals surface area contributed by atoms with Crippen molar-refractivity contribution in [2.24, 2.45) is 0 Å². The van der Waals surface area contributed by atoms with Gasteiger partial charge >= 0.3 is 5.97 Å². The zero-order chi connectivity index (χ0) is 18.5. The normalized spacial score (nSPS) is 10.5. The van der Waals surface area contributed by atoms with Crippen molar-refractivity contribution < 1.29 is 9.90 Å². The summed E-state index contributed by atoms with van der Waals surface area (Å²) < 4.78 is 0. The van der Waals surface area contributed by atoms with E-state index in [9.17, 15) is 9.90 Å². The van der Waals surface area contributed by atoms with Crippen molar-refractivity contribution in [3.63, 3.8) is 0 Å². The van der Waals surface area contributed by atoms with Gasteiger partial charge in [-0.2, -0.15) is 0 Å². The number of carboxylic acids is 1. The number of aliphatic carboxylic acids is 1. The molecule has 3 aromatic rings. The van der Waals surface area contributed by atoms with Crippen LogP contribution >= 0.6 is 23.2 Å². The molecule has 3 nitrogen and oxygen atoms in total. The van der Waals surface area contributed by atoms with Gasteiger partial charge in [0.05, 0.1) is 22.2 Å². The highest BCUT2D eigenvalue weighted by molar-refractivity contribution is 6.39. The average Bonchev–Trinajstić information content (AvgIpc) is 2.62. The fraction of sp³-hybridized carbons (Fsp3) is 0.0952. The Hall–Kier alpha value is -2.49. The van der Waals surface area contributed by atoms with Crippen molar-refractivity contribution in [1.29, 1.82) is 0 Å². The standard InChI is InChI=1S/C21H17Cl2NO2/c22-17-10-6-11-18(23)21(17)24(14-15-7-2-1-3-8-15)19-12-5-4-9-16(19)13-20(25)26/h1-12H,13-14H2,(H,25,26). The molecule has 3 aromatic carbocycles. The molecule has 0 unspecified atom stereocenters. The second-order valence-corrected chi connectivity index (χ2v) is 6.66. The number of hydrogen-bond donors (Lipinski definition) is 1. The summed E-state index contributed by atoms with van der Waals surface area (Å²) in [6.07, 6.45) is -0.0798. The molecule has 0 spiro atoms. The first kappa shape index (κ1) is 18.3. The van der Waals surface area contributed by atoms with Crippen LogP contribution in [0.5, 0.6) is 0 Å². The van der Waals surface area contributed by atoms with Crippen LogP contribution in [0.4, 0.5) is 11.4 Å². The van der Waals surface area contributed by atoms with E-state index in [-0.39, 0.29) is 6.42 Å². The molecule has 0 aliphatic heterocycles. The smallest absolute Gasteiger partial charge is 0.307 e. The van der Waals surface area contributed by atoms with Crippen LogP contribution < -0.4 is 4.90 Å². The van der Waals surface area contributed by atoms with Gasteiger partial charge in [0.1, 0.15) is 0 Å². The lowest BCUT2D eigenvalue weighted by atomic mass is 10.1. The Balaban J connectivity index is 2.14. The molecule has 26 heavy (non-hydrogen) atoms. The predicted octanol–water partition coefficient (Wildman–Crippen LogP) is 5.96. The number of nitrogens with zero attached hydrogens (tertiary/aromatic N) is 1. The van der Waals surface area contributed by atoms with Crippen LogP contribution in [0.15, 0.2) is 72.8 Å². The van der Waals surface area contributed by atoms with Gasteiger partial charge in [-0.05, 0) is 29.3 Å². The third-order valence-electron chi connectivity index (χ3n) is 4.02. The highest BCUT2D eigenvalue weighted by Crippen LogP contribution is 2.40. The van der Waals surface area contributed by atoms with Gasteiger partial charge in [-0.25, -0.2) is 0 Å². The summed E-state index contributed by atoms with van der Waals surface area (Å²) in [5, 5.41) is 10.3. The van der Waals surface area contributed by atoms with Gasteiger partial charge in [0.15, 0.2) is 0 Å². The highest BCUT2D eigenvalue weighted by atomic mass is 35.5. The van der Waals surface area contributed by atoms with Crippen LogP contribution in [0, 0.1) is 0 Å². The Bertz CT molecular complexity index is 893. The number of anilines is 2. The summed E-state index contributed by atoms with van der Waals surface area (Å²) in [5.41, 5.74) is 3.20. The van der Waals surface area contributed by atoms with E-state index in [1.54, 1.807) is 18.2 Å². The van der Waals surface area contributed by atoms with Gasteiger partial charge in [0.25, 0.3) is 0 Å². The monoisotopic (exact) mass is 385 g/mol. The minimum atomic E-state index is -0.887. The Morgan fingerprint density at radius 3 is 2.12 bits per heavy atom. The molecule has 1 N–H and O–H groups in total. The largest absolute Gasteiger partial charge is 0.481 e. The Labute approximate surface area is 162 Å². The van der Waals surface area contributed by atoms with E-state index in [2.05, 4.69) is 0 Å². The lowest BCUT2D eigenvalue weighted by Crippen LogP contribution is -2.19. The predicted molar refractivity (Wildman–Crippen MR) is 107 cm³/mol. The van der Waals surface area contributed by atoms with E-state index in [1.807, 2.05) is 59.5 Å². The van der Waals surface area contributed by atoms with Gasteiger partial charge in [-0.3, -0.25) is 4.79 Å². The van der Waals surface area contributed by atoms with Crippen molar-refractivity contribution in [3.05, 3.63) is 94.0 Å². The molecule has 0 bridgehead atoms. The van der Waals surface area contributed by atoms with E-state index in [4.69, 9.17) is 23.2 Å². The number of carboxylic acid groups (broad SMARTS) is 1. The van der Waals surface area contributed by atoms with Crippen LogP contribution in [-0.2, 0) is 17.8 Å². The van der Waals surface area contributed by atoms with Crippen molar-refractivity contribution in [2.75, 3.05) is 4.90 Å². The van der Waals surface area contributed by atoms with Crippen LogP contribution in [0.3, 0.4) is 0 Å². The van der Waals surface area contributed by atoms with Crippen LogP contribution in [-0.4, -0.2) is 11.1 Å². The zero-order valence-corrected chi connectivity index (χ0v) is 15.4. The van der Waals surface area contributed by atoms with Crippen molar-refractivity contribution >= 4 is 40.5 Å². The average molecular weight is 386 g/mol. The maximum Gasteiger partial charge on any atom is 0.307 e. The third kappa shape index (κ3) is 4.18. The summed E-state index contributed by atoms with van der Waals surface area (Å²) in [6, 6.07) is 22.7. The Morgan fingerprint density at radius 1 is 0.846 bits per heavy atom. The lowest BCUT2D eigenvalue weighted by molar-refractivity contribution is -0.136. The highest BCUT2D eigenvalue weighted by Gasteiger charge is 2.20. The fourth-order valence-electron chi connectivity index (χ4n) is 2.88. The number of rotatable bonds is 6. The molecule has 0 aliphatic rings. The number of para-hydroxylation sites is 2. The second-order valence-electron chi connectivity index (χ2n) is 5.84. The SMILES string of the molecule is O=C(O)Cc1ccccc1N(Cc1ccccc1)c1c(Cl)cccc1Cl. The first-order valence-corrected chi connectivity index (χ1v) is 8.87. The first-order valence-electron chi connectivity index (χ1n) is 8.11. The summed E-state index contributed by atoms with van der Waals surface area (Å²) in [7, 11) is 0. The summed E-state index contributed by atoms with van der Waals surface area (Å²) >= 11 is 12.9. The second kappa shape index (κ2) is 8.26. The Morgan fingerprint density at radius 2 is 1.46 bits per heavy atom. The molecule has 5 heteroatoms. The molecule has 0 fully saturated rings. The minimum absolute atomic E-state index is 0.0798.